The van der Waals surface area contributed by atoms with Crippen LogP contribution in [0.25, 0.3) is 0 Å². The molecule has 4 heteroatoms. The first-order valence-electron chi connectivity index (χ1n) is 6.13. The fourth-order valence-electron chi connectivity index (χ4n) is 2.54. The maximum absolute atomic E-state index is 10.7. The lowest BCUT2D eigenvalue weighted by Crippen LogP contribution is -2.30. The Balaban J connectivity index is 2.14. The molecule has 1 heterocycles. The van der Waals surface area contributed by atoms with Gasteiger partial charge < -0.3 is 5.32 Å². The Kier molecular flexibility index (Phi) is 3.74. The summed E-state index contributed by atoms with van der Waals surface area (Å²) >= 11 is 0. The second kappa shape index (κ2) is 5.27. The average Bonchev–Trinajstić information content (AvgIpc) is 2.39. The van der Waals surface area contributed by atoms with E-state index in [1.807, 2.05) is 6.07 Å². The topological polar surface area (TPSA) is 55.2 Å². The molecule has 17 heavy (non-hydrogen) atoms. The first kappa shape index (κ1) is 12.0. The van der Waals surface area contributed by atoms with Crippen molar-refractivity contribution in [2.24, 2.45) is 5.92 Å². The lowest BCUT2D eigenvalue weighted by Gasteiger charge is -2.28. The monoisotopic (exact) mass is 234 g/mol. The van der Waals surface area contributed by atoms with E-state index < -0.39 is 0 Å². The van der Waals surface area contributed by atoms with Gasteiger partial charge in [-0.05, 0) is 43.3 Å². The average molecular weight is 234 g/mol. The molecule has 1 fully saturated rings. The van der Waals surface area contributed by atoms with Crippen LogP contribution in [0.3, 0.4) is 0 Å². The van der Waals surface area contributed by atoms with E-state index in [1.165, 1.54) is 0 Å². The molecule has 1 aliphatic heterocycles. The quantitative estimate of drug-likeness (QED) is 0.646. The standard InChI is InChI=1S/C13H18N2O2/c1-10(11-5-7-14-8-6-11)12-3-2-4-13(9-12)15(16)17/h2-4,9-11,14H,5-8H2,1H3. The highest BCUT2D eigenvalue weighted by Crippen LogP contribution is 2.31. The number of piperidine rings is 1. The summed E-state index contributed by atoms with van der Waals surface area (Å²) in [5.41, 5.74) is 1.29. The molecule has 1 aromatic carbocycles. The van der Waals surface area contributed by atoms with Gasteiger partial charge in [0.2, 0.25) is 0 Å². The van der Waals surface area contributed by atoms with Gasteiger partial charge in [-0.15, -0.1) is 0 Å². The SMILES string of the molecule is CC(c1cccc([N+](=O)[O-])c1)C1CCNCC1. The van der Waals surface area contributed by atoms with Gasteiger partial charge in [-0.1, -0.05) is 19.1 Å². The summed E-state index contributed by atoms with van der Waals surface area (Å²) in [6, 6.07) is 7.05. The van der Waals surface area contributed by atoms with Gasteiger partial charge in [0.25, 0.3) is 5.69 Å². The zero-order valence-electron chi connectivity index (χ0n) is 10.1. The Morgan fingerprint density at radius 1 is 1.41 bits per heavy atom. The minimum absolute atomic E-state index is 0.197. The molecule has 92 valence electrons. The van der Waals surface area contributed by atoms with Gasteiger partial charge in [0, 0.05) is 12.1 Å². The summed E-state index contributed by atoms with van der Waals surface area (Å²) in [6.45, 7) is 4.29. The first-order valence-corrected chi connectivity index (χ1v) is 6.13. The second-order valence-electron chi connectivity index (χ2n) is 4.73. The van der Waals surface area contributed by atoms with Crippen LogP contribution in [0.2, 0.25) is 0 Å². The van der Waals surface area contributed by atoms with Gasteiger partial charge in [0.15, 0.2) is 0 Å². The summed E-state index contributed by atoms with van der Waals surface area (Å²) in [6.07, 6.45) is 2.31. The highest BCUT2D eigenvalue weighted by atomic mass is 16.6. The highest BCUT2D eigenvalue weighted by Gasteiger charge is 2.22. The lowest BCUT2D eigenvalue weighted by molar-refractivity contribution is -0.384. The molecule has 1 unspecified atom stereocenters. The van der Waals surface area contributed by atoms with Crippen LogP contribution in [0.1, 0.15) is 31.2 Å². The molecule has 0 amide bonds. The van der Waals surface area contributed by atoms with E-state index in [0.29, 0.717) is 11.8 Å². The predicted octanol–water partition coefficient (Wildman–Crippen LogP) is 2.70. The largest absolute Gasteiger partial charge is 0.317 e. The summed E-state index contributed by atoms with van der Waals surface area (Å²) in [7, 11) is 0. The van der Waals surface area contributed by atoms with Crippen molar-refractivity contribution in [3.63, 3.8) is 0 Å². The second-order valence-corrected chi connectivity index (χ2v) is 4.73. The van der Waals surface area contributed by atoms with Crippen LogP contribution in [-0.4, -0.2) is 18.0 Å². The van der Waals surface area contributed by atoms with Crippen LogP contribution in [0.5, 0.6) is 0 Å². The molecule has 1 aliphatic rings. The predicted molar refractivity (Wildman–Crippen MR) is 67.1 cm³/mol. The van der Waals surface area contributed by atoms with Crippen LogP contribution >= 0.6 is 0 Å². The van der Waals surface area contributed by atoms with E-state index in [4.69, 9.17) is 0 Å². The summed E-state index contributed by atoms with van der Waals surface area (Å²) in [5.74, 6) is 1.04. The van der Waals surface area contributed by atoms with Crippen molar-refractivity contribution >= 4 is 5.69 Å². The molecule has 4 nitrogen and oxygen atoms in total. The third-order valence-electron chi connectivity index (χ3n) is 3.70. The number of nitrogens with zero attached hydrogens (tertiary/aromatic N) is 1. The molecule has 1 saturated heterocycles. The van der Waals surface area contributed by atoms with Crippen molar-refractivity contribution in [2.45, 2.75) is 25.7 Å². The minimum atomic E-state index is -0.321. The van der Waals surface area contributed by atoms with Crippen molar-refractivity contribution in [1.29, 1.82) is 0 Å². The van der Waals surface area contributed by atoms with Crippen molar-refractivity contribution in [2.75, 3.05) is 13.1 Å². The number of nitro groups is 1. The number of rotatable bonds is 3. The fourth-order valence-corrected chi connectivity index (χ4v) is 2.54. The van der Waals surface area contributed by atoms with Gasteiger partial charge in [0.1, 0.15) is 0 Å². The van der Waals surface area contributed by atoms with Crippen LogP contribution in [0.15, 0.2) is 24.3 Å². The zero-order chi connectivity index (χ0) is 12.3. The fraction of sp³-hybridized carbons (Fsp3) is 0.538. The molecule has 0 aromatic heterocycles. The van der Waals surface area contributed by atoms with Crippen LogP contribution in [0, 0.1) is 16.0 Å². The molecule has 1 atom stereocenters. The van der Waals surface area contributed by atoms with E-state index >= 15 is 0 Å². The van der Waals surface area contributed by atoms with E-state index in [9.17, 15) is 10.1 Å². The van der Waals surface area contributed by atoms with Gasteiger partial charge in [-0.3, -0.25) is 10.1 Å². The third kappa shape index (κ3) is 2.82. The number of hydrogen-bond donors (Lipinski definition) is 1. The van der Waals surface area contributed by atoms with Crippen LogP contribution < -0.4 is 5.32 Å². The summed E-state index contributed by atoms with van der Waals surface area (Å²) in [4.78, 5) is 10.4. The van der Waals surface area contributed by atoms with Crippen molar-refractivity contribution in [3.8, 4) is 0 Å². The van der Waals surface area contributed by atoms with Crippen molar-refractivity contribution in [3.05, 3.63) is 39.9 Å². The van der Waals surface area contributed by atoms with Crippen molar-refractivity contribution in [1.82, 2.24) is 5.32 Å². The Bertz CT molecular complexity index is 400. The zero-order valence-corrected chi connectivity index (χ0v) is 10.1. The Labute approximate surface area is 101 Å². The van der Waals surface area contributed by atoms with Crippen molar-refractivity contribution < 1.29 is 4.92 Å². The number of benzene rings is 1. The van der Waals surface area contributed by atoms with E-state index in [-0.39, 0.29) is 10.6 Å². The maximum Gasteiger partial charge on any atom is 0.269 e. The molecule has 0 spiro atoms. The normalized spacial score (nSPS) is 18.9. The molecular weight excluding hydrogens is 216 g/mol. The summed E-state index contributed by atoms with van der Waals surface area (Å²) in [5, 5.41) is 14.1. The van der Waals surface area contributed by atoms with Crippen LogP contribution in [0.4, 0.5) is 5.69 Å². The van der Waals surface area contributed by atoms with Gasteiger partial charge in [0.05, 0.1) is 4.92 Å². The molecule has 2 rings (SSSR count). The molecule has 0 bridgehead atoms. The number of non-ortho nitro benzene ring substituents is 1. The first-order chi connectivity index (χ1) is 8.18. The highest BCUT2D eigenvalue weighted by molar-refractivity contribution is 5.36. The number of nitrogens with one attached hydrogen (secondary N) is 1. The van der Waals surface area contributed by atoms with Gasteiger partial charge in [-0.2, -0.15) is 0 Å². The van der Waals surface area contributed by atoms with Gasteiger partial charge in [-0.25, -0.2) is 0 Å². The molecule has 1 aromatic rings. The molecule has 1 N–H and O–H groups in total. The summed E-state index contributed by atoms with van der Waals surface area (Å²) < 4.78 is 0. The third-order valence-corrected chi connectivity index (χ3v) is 3.70. The Morgan fingerprint density at radius 2 is 2.12 bits per heavy atom. The number of nitro benzene ring substituents is 1. The van der Waals surface area contributed by atoms with E-state index in [0.717, 1.165) is 31.5 Å². The minimum Gasteiger partial charge on any atom is -0.317 e. The van der Waals surface area contributed by atoms with E-state index in [1.54, 1.807) is 18.2 Å². The molecule has 0 radical (unpaired) electrons. The van der Waals surface area contributed by atoms with Crippen LogP contribution in [-0.2, 0) is 0 Å². The smallest absolute Gasteiger partial charge is 0.269 e. The Morgan fingerprint density at radius 3 is 2.76 bits per heavy atom. The molecule has 0 aliphatic carbocycles. The number of hydrogen-bond acceptors (Lipinski definition) is 3. The van der Waals surface area contributed by atoms with Gasteiger partial charge >= 0.3 is 0 Å². The Hall–Kier alpha value is -1.42. The molecule has 0 saturated carbocycles. The molecular formula is C13H18N2O2. The van der Waals surface area contributed by atoms with E-state index in [2.05, 4.69) is 12.2 Å². The maximum atomic E-state index is 10.7. The lowest BCUT2D eigenvalue weighted by atomic mass is 9.82.